The highest BCUT2D eigenvalue weighted by Crippen LogP contribution is 2.34. The van der Waals surface area contributed by atoms with Crippen LogP contribution >= 0.6 is 0 Å². The van der Waals surface area contributed by atoms with Crippen molar-refractivity contribution < 1.29 is 4.74 Å². The van der Waals surface area contributed by atoms with E-state index < -0.39 is 0 Å². The van der Waals surface area contributed by atoms with Gasteiger partial charge in [0.05, 0.1) is 18.1 Å². The summed E-state index contributed by atoms with van der Waals surface area (Å²) in [5, 5.41) is 0. The minimum absolute atomic E-state index is 0.0693. The normalized spacial score (nSPS) is 20.6. The van der Waals surface area contributed by atoms with E-state index in [4.69, 9.17) is 4.74 Å². The Hall–Kier alpha value is -1.84. The number of aryl methyl sites for hydroxylation is 1. The van der Waals surface area contributed by atoms with Crippen LogP contribution in [0.1, 0.15) is 57.6 Å². The number of hydrogen-bond donors (Lipinski definition) is 1. The Balaban J connectivity index is 1.53. The van der Waals surface area contributed by atoms with Gasteiger partial charge < -0.3 is 9.72 Å². The van der Waals surface area contributed by atoms with Crippen LogP contribution in [0.25, 0.3) is 11.0 Å². The molecule has 4 nitrogen and oxygen atoms in total. The van der Waals surface area contributed by atoms with Gasteiger partial charge in [-0.1, -0.05) is 45.4 Å². The van der Waals surface area contributed by atoms with Gasteiger partial charge in [-0.3, -0.25) is 4.79 Å². The van der Waals surface area contributed by atoms with Crippen LogP contribution in [0.15, 0.2) is 23.0 Å². The Morgan fingerprint density at radius 1 is 1.25 bits per heavy atom. The molecular formula is C20H28N2O2. The minimum Gasteiger partial charge on any atom is -0.497 e. The number of nitrogens with zero attached hydrogens (tertiary/aromatic N) is 1. The van der Waals surface area contributed by atoms with Crippen molar-refractivity contribution in [3.63, 3.8) is 0 Å². The molecule has 4 heteroatoms. The van der Waals surface area contributed by atoms with Crippen molar-refractivity contribution in [1.82, 2.24) is 9.97 Å². The largest absolute Gasteiger partial charge is 0.497 e. The fourth-order valence-electron chi connectivity index (χ4n) is 3.93. The molecule has 1 fully saturated rings. The van der Waals surface area contributed by atoms with E-state index in [2.05, 4.69) is 16.9 Å². The zero-order valence-electron chi connectivity index (χ0n) is 14.8. The van der Waals surface area contributed by atoms with Crippen LogP contribution in [0.4, 0.5) is 0 Å². The van der Waals surface area contributed by atoms with E-state index in [9.17, 15) is 4.79 Å². The lowest BCUT2D eigenvalue weighted by atomic mass is 9.92. The molecule has 1 N–H and O–H groups in total. The molecule has 1 heterocycles. The number of H-pyrrole nitrogens is 1. The van der Waals surface area contributed by atoms with Crippen LogP contribution in [0, 0.1) is 11.8 Å². The number of benzene rings is 1. The Labute approximate surface area is 143 Å². The number of fused-ring (bicyclic) bond motifs is 1. The number of ether oxygens (including phenoxy) is 1. The number of nitrogens with one attached hydrogen (secondary N) is 1. The zero-order valence-corrected chi connectivity index (χ0v) is 14.8. The van der Waals surface area contributed by atoms with Gasteiger partial charge in [0.15, 0.2) is 0 Å². The van der Waals surface area contributed by atoms with Gasteiger partial charge in [-0.05, 0) is 36.8 Å². The highest BCUT2D eigenvalue weighted by Gasteiger charge is 2.22. The maximum atomic E-state index is 12.2. The summed E-state index contributed by atoms with van der Waals surface area (Å²) in [6.45, 7) is 2.39. The van der Waals surface area contributed by atoms with E-state index in [-0.39, 0.29) is 5.56 Å². The van der Waals surface area contributed by atoms with E-state index in [1.54, 1.807) is 7.11 Å². The molecule has 0 saturated heterocycles. The van der Waals surface area contributed by atoms with E-state index in [0.717, 1.165) is 41.5 Å². The molecule has 0 radical (unpaired) electrons. The molecule has 130 valence electrons. The summed E-state index contributed by atoms with van der Waals surface area (Å²) in [6.07, 6.45) is 9.84. The average molecular weight is 328 g/mol. The van der Waals surface area contributed by atoms with Crippen molar-refractivity contribution in [2.75, 3.05) is 7.11 Å². The van der Waals surface area contributed by atoms with Crippen molar-refractivity contribution in [2.24, 2.45) is 11.8 Å². The first-order valence-corrected chi connectivity index (χ1v) is 9.24. The third kappa shape index (κ3) is 3.97. The average Bonchev–Trinajstić information content (AvgIpc) is 2.99. The molecule has 0 aliphatic heterocycles. The molecule has 3 rings (SSSR count). The lowest BCUT2D eigenvalue weighted by Gasteiger charge is -2.14. The molecule has 0 amide bonds. The van der Waals surface area contributed by atoms with Gasteiger partial charge >= 0.3 is 0 Å². The molecular weight excluding hydrogens is 300 g/mol. The van der Waals surface area contributed by atoms with Crippen molar-refractivity contribution in [3.8, 4) is 5.75 Å². The quantitative estimate of drug-likeness (QED) is 0.763. The summed E-state index contributed by atoms with van der Waals surface area (Å²) in [5.41, 5.74) is 2.14. The fraction of sp³-hybridized carbons (Fsp3) is 0.600. The van der Waals surface area contributed by atoms with E-state index >= 15 is 0 Å². The molecule has 1 aliphatic carbocycles. The first kappa shape index (κ1) is 17.0. The van der Waals surface area contributed by atoms with E-state index in [1.165, 1.54) is 38.5 Å². The molecule has 2 atom stereocenters. The number of aromatic nitrogens is 2. The second kappa shape index (κ2) is 7.82. The summed E-state index contributed by atoms with van der Waals surface area (Å²) in [7, 11) is 1.62. The van der Waals surface area contributed by atoms with Crippen LogP contribution in [-0.2, 0) is 6.42 Å². The Morgan fingerprint density at radius 3 is 2.88 bits per heavy atom. The SMILES string of the molecule is COc1ccc2nc(CCCCC[C@@H]3CCCC3C)c(=O)[nH]c2c1. The van der Waals surface area contributed by atoms with E-state index in [1.807, 2.05) is 18.2 Å². The third-order valence-corrected chi connectivity index (χ3v) is 5.50. The summed E-state index contributed by atoms with van der Waals surface area (Å²) >= 11 is 0. The van der Waals surface area contributed by atoms with Gasteiger partial charge in [-0.2, -0.15) is 0 Å². The standard InChI is InChI=1S/C20H28N2O2/c1-14-7-6-9-15(14)8-4-3-5-10-18-20(23)22-19-13-16(24-2)11-12-17(19)21-18/h11-15H,3-10H2,1-2H3,(H,22,23)/t14?,15-/m1/s1. The van der Waals surface area contributed by atoms with Crippen LogP contribution < -0.4 is 10.3 Å². The maximum Gasteiger partial charge on any atom is 0.270 e. The molecule has 0 spiro atoms. The van der Waals surface area contributed by atoms with Gasteiger partial charge in [-0.25, -0.2) is 4.98 Å². The van der Waals surface area contributed by atoms with E-state index in [0.29, 0.717) is 5.69 Å². The first-order chi connectivity index (χ1) is 11.7. The number of methoxy groups -OCH3 is 1. The monoisotopic (exact) mass is 328 g/mol. The third-order valence-electron chi connectivity index (χ3n) is 5.50. The number of hydrogen-bond acceptors (Lipinski definition) is 3. The predicted molar refractivity (Wildman–Crippen MR) is 97.6 cm³/mol. The molecule has 1 saturated carbocycles. The first-order valence-electron chi connectivity index (χ1n) is 9.24. The number of rotatable bonds is 7. The zero-order chi connectivity index (χ0) is 16.9. The van der Waals surface area contributed by atoms with Crippen molar-refractivity contribution in [1.29, 1.82) is 0 Å². The molecule has 1 aromatic heterocycles. The number of aromatic amines is 1. The maximum absolute atomic E-state index is 12.2. The smallest absolute Gasteiger partial charge is 0.270 e. The summed E-state index contributed by atoms with van der Waals surface area (Å²) in [5.74, 6) is 2.57. The van der Waals surface area contributed by atoms with Gasteiger partial charge in [0.2, 0.25) is 0 Å². The molecule has 24 heavy (non-hydrogen) atoms. The Morgan fingerprint density at radius 2 is 2.12 bits per heavy atom. The number of unbranched alkanes of at least 4 members (excludes halogenated alkanes) is 2. The van der Waals surface area contributed by atoms with Crippen molar-refractivity contribution in [2.45, 2.75) is 58.3 Å². The molecule has 1 aliphatic rings. The molecule has 2 aromatic rings. The lowest BCUT2D eigenvalue weighted by molar-refractivity contribution is 0.375. The summed E-state index contributed by atoms with van der Waals surface area (Å²) < 4.78 is 5.18. The van der Waals surface area contributed by atoms with Gasteiger partial charge in [0, 0.05) is 6.07 Å². The summed E-state index contributed by atoms with van der Waals surface area (Å²) in [4.78, 5) is 19.7. The minimum atomic E-state index is -0.0693. The fourth-order valence-corrected chi connectivity index (χ4v) is 3.93. The molecule has 1 unspecified atom stereocenters. The van der Waals surface area contributed by atoms with Crippen molar-refractivity contribution >= 4 is 11.0 Å². The predicted octanol–water partition coefficient (Wildman–Crippen LogP) is 4.47. The Bertz CT molecular complexity index is 738. The van der Waals surface area contributed by atoms with Crippen LogP contribution in [0.3, 0.4) is 0 Å². The second-order valence-electron chi connectivity index (χ2n) is 7.16. The van der Waals surface area contributed by atoms with Crippen molar-refractivity contribution in [3.05, 3.63) is 34.2 Å². The molecule has 0 bridgehead atoms. The highest BCUT2D eigenvalue weighted by atomic mass is 16.5. The topological polar surface area (TPSA) is 55.0 Å². The van der Waals surface area contributed by atoms with Crippen LogP contribution in [-0.4, -0.2) is 17.1 Å². The Kier molecular flexibility index (Phi) is 5.54. The summed E-state index contributed by atoms with van der Waals surface area (Å²) in [6, 6.07) is 5.59. The second-order valence-corrected chi connectivity index (χ2v) is 7.16. The molecule has 1 aromatic carbocycles. The highest BCUT2D eigenvalue weighted by molar-refractivity contribution is 5.75. The van der Waals surface area contributed by atoms with Gasteiger partial charge in [0.1, 0.15) is 11.4 Å². The van der Waals surface area contributed by atoms with Gasteiger partial charge in [-0.15, -0.1) is 0 Å². The van der Waals surface area contributed by atoms with Crippen LogP contribution in [0.2, 0.25) is 0 Å². The van der Waals surface area contributed by atoms with Gasteiger partial charge in [0.25, 0.3) is 5.56 Å². The lowest BCUT2D eigenvalue weighted by Crippen LogP contribution is -2.15. The van der Waals surface area contributed by atoms with Crippen LogP contribution in [0.5, 0.6) is 5.75 Å².